The first-order chi connectivity index (χ1) is 9.67. The van der Waals surface area contributed by atoms with E-state index >= 15 is 0 Å². The summed E-state index contributed by atoms with van der Waals surface area (Å²) in [6.07, 6.45) is 1.15. The zero-order valence-corrected chi connectivity index (χ0v) is 14.1. The monoisotopic (exact) mass is 313 g/mol. The van der Waals surface area contributed by atoms with E-state index < -0.39 is 0 Å². The lowest BCUT2D eigenvalue weighted by Crippen LogP contribution is -2.39. The molecule has 4 heteroatoms. The Labute approximate surface area is 130 Å². The third-order valence-corrected chi connectivity index (χ3v) is 7.08. The van der Waals surface area contributed by atoms with Gasteiger partial charge in [0.2, 0.25) is 0 Å². The van der Waals surface area contributed by atoms with Crippen LogP contribution in [0.5, 0.6) is 0 Å². The molecule has 20 heavy (non-hydrogen) atoms. The van der Waals surface area contributed by atoms with Gasteiger partial charge in [0.05, 0.1) is 0 Å². The van der Waals surface area contributed by atoms with Gasteiger partial charge in [-0.2, -0.15) is 23.5 Å². The van der Waals surface area contributed by atoms with Crippen LogP contribution < -0.4 is 5.32 Å². The molecule has 1 saturated heterocycles. The Morgan fingerprint density at radius 2 is 2.05 bits per heavy atom. The van der Waals surface area contributed by atoms with Crippen LogP contribution in [0.3, 0.4) is 0 Å². The molecule has 1 aromatic carbocycles. The predicted molar refractivity (Wildman–Crippen MR) is 90.3 cm³/mol. The summed E-state index contributed by atoms with van der Waals surface area (Å²) in [6.45, 7) is 7.25. The van der Waals surface area contributed by atoms with E-state index in [1.165, 1.54) is 11.5 Å². The first-order valence-corrected chi connectivity index (χ1v) is 9.49. The Bertz CT molecular complexity index is 438. The number of thioether (sulfide) groups is 2. The normalized spacial score (nSPS) is 24.6. The van der Waals surface area contributed by atoms with Crippen molar-refractivity contribution in [2.24, 2.45) is 0 Å². The third kappa shape index (κ3) is 3.71. The molecule has 1 aromatic rings. The second-order valence-corrected chi connectivity index (χ2v) is 7.85. The molecule has 0 saturated carbocycles. The fourth-order valence-electron chi connectivity index (χ4n) is 2.77. The van der Waals surface area contributed by atoms with Crippen LogP contribution >= 0.6 is 23.5 Å². The Morgan fingerprint density at radius 3 is 2.75 bits per heavy atom. The number of nitrogens with one attached hydrogen (secondary N) is 1. The van der Waals surface area contributed by atoms with Crippen molar-refractivity contribution >= 4 is 23.5 Å². The summed E-state index contributed by atoms with van der Waals surface area (Å²) in [5.74, 6) is 2.31. The van der Waals surface area contributed by atoms with E-state index in [4.69, 9.17) is 0 Å². The Kier molecular flexibility index (Phi) is 6.24. The van der Waals surface area contributed by atoms with E-state index in [1.54, 1.807) is 6.07 Å². The second kappa shape index (κ2) is 7.71. The van der Waals surface area contributed by atoms with E-state index in [-0.39, 0.29) is 11.9 Å². The lowest BCUT2D eigenvalue weighted by Gasteiger charge is -2.36. The van der Waals surface area contributed by atoms with Crippen LogP contribution in [0.4, 0.5) is 4.39 Å². The van der Waals surface area contributed by atoms with E-state index in [1.807, 2.05) is 42.6 Å². The van der Waals surface area contributed by atoms with Gasteiger partial charge in [0.25, 0.3) is 0 Å². The average Bonchev–Trinajstić information content (AvgIpc) is 2.47. The third-order valence-electron chi connectivity index (χ3n) is 3.73. The van der Waals surface area contributed by atoms with E-state index in [0.29, 0.717) is 10.5 Å². The molecule has 3 atom stereocenters. The molecule has 1 N–H and O–H groups in total. The van der Waals surface area contributed by atoms with Gasteiger partial charge in [-0.15, -0.1) is 0 Å². The lowest BCUT2D eigenvalue weighted by molar-refractivity contribution is 0.484. The quantitative estimate of drug-likeness (QED) is 0.864. The molecule has 112 valence electrons. The van der Waals surface area contributed by atoms with E-state index in [0.717, 1.165) is 24.1 Å². The Hall–Kier alpha value is -0.190. The maximum atomic E-state index is 14.3. The van der Waals surface area contributed by atoms with Gasteiger partial charge in [-0.3, -0.25) is 0 Å². The molecule has 1 aliphatic heterocycles. The van der Waals surface area contributed by atoms with Crippen LogP contribution in [0.1, 0.15) is 37.4 Å². The summed E-state index contributed by atoms with van der Waals surface area (Å²) in [4.78, 5) is 0. The summed E-state index contributed by atoms with van der Waals surface area (Å²) in [5.41, 5.74) is 1.97. The van der Waals surface area contributed by atoms with Crippen molar-refractivity contribution in [1.82, 2.24) is 5.32 Å². The van der Waals surface area contributed by atoms with Crippen LogP contribution in [-0.4, -0.2) is 28.6 Å². The highest BCUT2D eigenvalue weighted by Gasteiger charge is 2.33. The minimum Gasteiger partial charge on any atom is -0.309 e. The van der Waals surface area contributed by atoms with Crippen molar-refractivity contribution in [3.8, 4) is 0 Å². The molecule has 1 fully saturated rings. The lowest BCUT2D eigenvalue weighted by atomic mass is 9.98. The van der Waals surface area contributed by atoms with Crippen molar-refractivity contribution in [2.45, 2.75) is 43.7 Å². The number of hydrogen-bond donors (Lipinski definition) is 1. The fourth-order valence-corrected chi connectivity index (χ4v) is 6.01. The Balaban J connectivity index is 2.31. The Morgan fingerprint density at radius 1 is 1.30 bits per heavy atom. The highest BCUT2D eigenvalue weighted by molar-refractivity contribution is 8.07. The zero-order valence-electron chi connectivity index (χ0n) is 12.5. The van der Waals surface area contributed by atoms with Gasteiger partial charge < -0.3 is 5.32 Å². The number of aryl methyl sites for hydroxylation is 1. The molecule has 0 spiro atoms. The minimum atomic E-state index is -0.0763. The summed E-state index contributed by atoms with van der Waals surface area (Å²) < 4.78 is 14.3. The van der Waals surface area contributed by atoms with Crippen molar-refractivity contribution in [2.75, 3.05) is 18.1 Å². The van der Waals surface area contributed by atoms with Crippen LogP contribution in [0.25, 0.3) is 0 Å². The second-order valence-electron chi connectivity index (χ2n) is 5.21. The van der Waals surface area contributed by atoms with Crippen molar-refractivity contribution in [3.63, 3.8) is 0 Å². The van der Waals surface area contributed by atoms with Gasteiger partial charge in [-0.05, 0) is 26.0 Å². The summed E-state index contributed by atoms with van der Waals surface area (Å²) in [5, 5.41) is 4.59. The first kappa shape index (κ1) is 16.2. The maximum Gasteiger partial charge on any atom is 0.128 e. The predicted octanol–water partition coefficient (Wildman–Crippen LogP) is 4.41. The molecule has 3 unspecified atom stereocenters. The zero-order chi connectivity index (χ0) is 14.5. The van der Waals surface area contributed by atoms with Gasteiger partial charge in [0, 0.05) is 33.6 Å². The molecular weight excluding hydrogens is 289 g/mol. The minimum absolute atomic E-state index is 0.0763. The molecule has 1 aliphatic rings. The van der Waals surface area contributed by atoms with Crippen LogP contribution in [0, 0.1) is 12.7 Å². The van der Waals surface area contributed by atoms with Gasteiger partial charge in [-0.25, -0.2) is 4.39 Å². The molecule has 0 aliphatic carbocycles. The average molecular weight is 314 g/mol. The molecule has 0 radical (unpaired) electrons. The number of halogens is 1. The molecule has 2 rings (SSSR count). The molecule has 0 bridgehead atoms. The number of rotatable bonds is 5. The SMILES string of the molecule is CCNC(c1cc(C)ccc1F)C1SCCSC1CC. The smallest absolute Gasteiger partial charge is 0.128 e. The van der Waals surface area contributed by atoms with Crippen LogP contribution in [0.15, 0.2) is 18.2 Å². The standard InChI is InChI=1S/C16H24FNS2/c1-4-14-16(20-9-8-19-14)15(18-5-2)12-10-11(3)6-7-13(12)17/h6-7,10,14-16,18H,4-5,8-9H2,1-3H3. The molecule has 1 heterocycles. The highest BCUT2D eigenvalue weighted by Crippen LogP contribution is 2.40. The fraction of sp³-hybridized carbons (Fsp3) is 0.625. The van der Waals surface area contributed by atoms with Gasteiger partial charge in [0.1, 0.15) is 5.82 Å². The van der Waals surface area contributed by atoms with Gasteiger partial charge >= 0.3 is 0 Å². The first-order valence-electron chi connectivity index (χ1n) is 7.40. The van der Waals surface area contributed by atoms with Crippen molar-refractivity contribution in [1.29, 1.82) is 0 Å². The molecule has 0 aromatic heterocycles. The molecular formula is C16H24FNS2. The van der Waals surface area contributed by atoms with Gasteiger partial charge in [-0.1, -0.05) is 31.5 Å². The largest absolute Gasteiger partial charge is 0.309 e. The van der Waals surface area contributed by atoms with Gasteiger partial charge in [0.15, 0.2) is 0 Å². The summed E-state index contributed by atoms with van der Waals surface area (Å²) >= 11 is 4.05. The molecule has 1 nitrogen and oxygen atoms in total. The van der Waals surface area contributed by atoms with Crippen LogP contribution in [0.2, 0.25) is 0 Å². The van der Waals surface area contributed by atoms with E-state index in [2.05, 4.69) is 19.2 Å². The number of hydrogen-bond acceptors (Lipinski definition) is 3. The van der Waals surface area contributed by atoms with Crippen LogP contribution in [-0.2, 0) is 0 Å². The van der Waals surface area contributed by atoms with Crippen molar-refractivity contribution < 1.29 is 4.39 Å². The number of benzene rings is 1. The topological polar surface area (TPSA) is 12.0 Å². The molecule has 0 amide bonds. The van der Waals surface area contributed by atoms with Crippen molar-refractivity contribution in [3.05, 3.63) is 35.1 Å². The summed E-state index contributed by atoms with van der Waals surface area (Å²) in [6, 6.07) is 5.58. The maximum absolute atomic E-state index is 14.3. The van der Waals surface area contributed by atoms with E-state index in [9.17, 15) is 4.39 Å². The highest BCUT2D eigenvalue weighted by atomic mass is 32.2. The summed E-state index contributed by atoms with van der Waals surface area (Å²) in [7, 11) is 0.